The predicted octanol–water partition coefficient (Wildman–Crippen LogP) is 4.74. The van der Waals surface area contributed by atoms with Crippen molar-refractivity contribution in [3.8, 4) is 17.0 Å². The number of aromatic nitrogens is 4. The lowest BCUT2D eigenvalue weighted by atomic mass is 9.81. The molecule has 3 aliphatic rings. The van der Waals surface area contributed by atoms with Crippen molar-refractivity contribution >= 4 is 44.6 Å². The number of hydrogen-bond acceptors (Lipinski definition) is 7. The van der Waals surface area contributed by atoms with Crippen LogP contribution >= 0.6 is 0 Å². The Morgan fingerprint density at radius 2 is 1.86 bits per heavy atom. The van der Waals surface area contributed by atoms with Crippen LogP contribution in [0, 0.1) is 0 Å². The van der Waals surface area contributed by atoms with Gasteiger partial charge in [0.05, 0.1) is 19.3 Å². The zero-order valence-electron chi connectivity index (χ0n) is 28.3. The number of amides is 2. The van der Waals surface area contributed by atoms with Gasteiger partial charge in [0.25, 0.3) is 11.8 Å². The topological polar surface area (TPSA) is 132 Å². The molecule has 0 unspecified atom stereocenters. The van der Waals surface area contributed by atoms with Crippen molar-refractivity contribution in [1.82, 2.24) is 33.3 Å². The van der Waals surface area contributed by atoms with Crippen LogP contribution in [0.2, 0.25) is 0 Å². The molecule has 12 nitrogen and oxygen atoms in total. The number of benzene rings is 2. The summed E-state index contributed by atoms with van der Waals surface area (Å²) in [6, 6.07) is 11.4. The summed E-state index contributed by atoms with van der Waals surface area (Å²) < 4.78 is 37.9. The van der Waals surface area contributed by atoms with Crippen LogP contribution in [-0.4, -0.2) is 83.1 Å². The van der Waals surface area contributed by atoms with Crippen LogP contribution in [-0.2, 0) is 28.6 Å². The molecule has 2 aromatic carbocycles. The van der Waals surface area contributed by atoms with Gasteiger partial charge in [-0.2, -0.15) is 12.7 Å². The number of ether oxygens (including phenoxy) is 1. The molecule has 1 aliphatic carbocycles. The maximum absolute atomic E-state index is 14.4. The van der Waals surface area contributed by atoms with Gasteiger partial charge in [-0.1, -0.05) is 31.4 Å². The number of nitrogens with zero attached hydrogens (tertiary/aromatic N) is 6. The number of rotatable bonds is 7. The zero-order chi connectivity index (χ0) is 34.4. The number of fused-ring (bicyclic) bond motifs is 5. The molecule has 1 saturated carbocycles. The van der Waals surface area contributed by atoms with E-state index in [0.717, 1.165) is 69.1 Å². The van der Waals surface area contributed by atoms with Gasteiger partial charge < -0.3 is 18.8 Å². The van der Waals surface area contributed by atoms with E-state index in [1.807, 2.05) is 46.9 Å². The van der Waals surface area contributed by atoms with E-state index in [1.54, 1.807) is 25.6 Å². The summed E-state index contributed by atoms with van der Waals surface area (Å²) >= 11 is 0. The lowest BCUT2D eigenvalue weighted by molar-refractivity contribution is -0.126. The van der Waals surface area contributed by atoms with E-state index >= 15 is 0 Å². The lowest BCUT2D eigenvalue weighted by Gasteiger charge is -2.27. The smallest absolute Gasteiger partial charge is 0.303 e. The summed E-state index contributed by atoms with van der Waals surface area (Å²) in [4.78, 5) is 29.6. The summed E-state index contributed by atoms with van der Waals surface area (Å²) in [5.41, 5.74) is 6.81. The SMILES string of the molecule is COc1ccc2c(c1)C=C(C(=O)N1CC=C(c3nncn3C)CC1)Cn1c-2c(C2CCCCC2)c2ccc(C(=O)NS(=O)(=O)N(C)C)cc21. The summed E-state index contributed by atoms with van der Waals surface area (Å²) in [7, 11) is 2.29. The average molecular weight is 684 g/mol. The average Bonchev–Trinajstić information content (AvgIpc) is 3.62. The predicted molar refractivity (Wildman–Crippen MR) is 188 cm³/mol. The lowest BCUT2D eigenvalue weighted by Crippen LogP contribution is -2.39. The number of nitrogens with one attached hydrogen (secondary N) is 1. The fourth-order valence-electron chi connectivity index (χ4n) is 7.41. The first-order valence-electron chi connectivity index (χ1n) is 16.7. The first-order chi connectivity index (χ1) is 23.6. The third-order valence-electron chi connectivity index (χ3n) is 10.0. The molecule has 2 aromatic heterocycles. The minimum absolute atomic E-state index is 0.0677. The number of carbonyl (C=O) groups excluding carboxylic acids is 2. The summed E-state index contributed by atoms with van der Waals surface area (Å²) in [5, 5.41) is 9.26. The molecule has 13 heteroatoms. The zero-order valence-corrected chi connectivity index (χ0v) is 29.1. The molecule has 49 heavy (non-hydrogen) atoms. The molecule has 2 amide bonds. The van der Waals surface area contributed by atoms with Crippen LogP contribution < -0.4 is 9.46 Å². The van der Waals surface area contributed by atoms with Crippen molar-refractivity contribution in [2.75, 3.05) is 34.3 Å². The largest absolute Gasteiger partial charge is 0.497 e. The molecule has 4 heterocycles. The Balaban J connectivity index is 1.36. The molecular weight excluding hydrogens is 643 g/mol. The molecule has 1 N–H and O–H groups in total. The molecule has 4 aromatic rings. The molecule has 7 rings (SSSR count). The Bertz CT molecular complexity index is 2140. The molecule has 0 radical (unpaired) electrons. The Morgan fingerprint density at radius 1 is 1.06 bits per heavy atom. The fourth-order valence-corrected chi connectivity index (χ4v) is 7.95. The highest BCUT2D eigenvalue weighted by molar-refractivity contribution is 7.87. The highest BCUT2D eigenvalue weighted by Crippen LogP contribution is 2.47. The monoisotopic (exact) mass is 683 g/mol. The van der Waals surface area contributed by atoms with E-state index in [1.165, 1.54) is 26.1 Å². The van der Waals surface area contributed by atoms with Gasteiger partial charge in [-0.15, -0.1) is 10.2 Å². The minimum atomic E-state index is -3.99. The van der Waals surface area contributed by atoms with Gasteiger partial charge in [0.1, 0.15) is 12.1 Å². The van der Waals surface area contributed by atoms with Crippen LogP contribution in [0.5, 0.6) is 5.75 Å². The summed E-state index contributed by atoms with van der Waals surface area (Å²) in [6.45, 7) is 1.27. The van der Waals surface area contributed by atoms with Crippen LogP contribution in [0.15, 0.2) is 54.4 Å². The molecule has 0 saturated heterocycles. The minimum Gasteiger partial charge on any atom is -0.497 e. The second kappa shape index (κ2) is 12.9. The Hall–Kier alpha value is -4.75. The van der Waals surface area contributed by atoms with Crippen LogP contribution in [0.3, 0.4) is 0 Å². The molecule has 0 atom stereocenters. The van der Waals surface area contributed by atoms with Gasteiger partial charge in [0.15, 0.2) is 5.82 Å². The number of methoxy groups -OCH3 is 1. The highest BCUT2D eigenvalue weighted by atomic mass is 32.2. The normalized spacial score (nSPS) is 16.9. The summed E-state index contributed by atoms with van der Waals surface area (Å²) in [5.74, 6) is 1.02. The number of aryl methyl sites for hydroxylation is 1. The van der Waals surface area contributed by atoms with Crippen molar-refractivity contribution in [2.45, 2.75) is 51.0 Å². The van der Waals surface area contributed by atoms with Gasteiger partial charge in [0, 0.05) is 61.8 Å². The van der Waals surface area contributed by atoms with Crippen LogP contribution in [0.1, 0.15) is 71.8 Å². The van der Waals surface area contributed by atoms with Gasteiger partial charge in [-0.05, 0) is 78.3 Å². The standard InChI is InChI=1S/C36H41N7O5S/c1-40(2)49(46,47)39-35(44)25-10-12-30-31(20-25)43-21-27(36(45)42-16-14-24(15-17-42)34-38-37-22-41(34)3)18-26-19-28(48-4)11-13-29(26)33(43)32(30)23-8-6-5-7-9-23/h10-14,18-20,22-23H,5-9,15-17,21H2,1-4H3,(H,39,44). The van der Waals surface area contributed by atoms with E-state index in [4.69, 9.17) is 4.74 Å². The van der Waals surface area contributed by atoms with Gasteiger partial charge in [0.2, 0.25) is 0 Å². The van der Waals surface area contributed by atoms with E-state index in [2.05, 4.69) is 25.6 Å². The highest BCUT2D eigenvalue weighted by Gasteiger charge is 2.32. The molecule has 0 spiro atoms. The van der Waals surface area contributed by atoms with Crippen molar-refractivity contribution in [2.24, 2.45) is 7.05 Å². The molecular formula is C36H41N7O5S. The second-order valence-electron chi connectivity index (χ2n) is 13.3. The van der Waals surface area contributed by atoms with Crippen LogP contribution in [0.4, 0.5) is 0 Å². The first-order valence-corrected chi connectivity index (χ1v) is 18.1. The van der Waals surface area contributed by atoms with Crippen molar-refractivity contribution < 1.29 is 22.7 Å². The van der Waals surface area contributed by atoms with E-state index in [9.17, 15) is 18.0 Å². The third-order valence-corrected chi connectivity index (χ3v) is 11.4. The molecule has 2 aliphatic heterocycles. The number of carbonyl (C=O) groups is 2. The van der Waals surface area contributed by atoms with Crippen molar-refractivity contribution in [3.63, 3.8) is 0 Å². The Labute approximate surface area is 286 Å². The van der Waals surface area contributed by atoms with Crippen LogP contribution in [0.25, 0.3) is 33.8 Å². The van der Waals surface area contributed by atoms with Crippen molar-refractivity contribution in [1.29, 1.82) is 0 Å². The summed E-state index contributed by atoms with van der Waals surface area (Å²) in [6.07, 6.45) is 11.9. The Morgan fingerprint density at radius 3 is 2.53 bits per heavy atom. The molecule has 0 bridgehead atoms. The van der Waals surface area contributed by atoms with E-state index in [-0.39, 0.29) is 18.0 Å². The fraction of sp³-hybridized carbons (Fsp3) is 0.389. The third kappa shape index (κ3) is 6.05. The quantitative estimate of drug-likeness (QED) is 0.298. The van der Waals surface area contributed by atoms with Gasteiger partial charge in [-0.3, -0.25) is 9.59 Å². The number of hydrogen-bond donors (Lipinski definition) is 1. The first kappa shape index (κ1) is 32.8. The van der Waals surface area contributed by atoms with Crippen molar-refractivity contribution in [3.05, 3.63) is 76.9 Å². The molecule has 256 valence electrons. The maximum Gasteiger partial charge on any atom is 0.303 e. The van der Waals surface area contributed by atoms with E-state index in [0.29, 0.717) is 36.8 Å². The van der Waals surface area contributed by atoms with E-state index < -0.39 is 16.1 Å². The van der Waals surface area contributed by atoms with Gasteiger partial charge in [-0.25, -0.2) is 4.72 Å². The maximum atomic E-state index is 14.4. The van der Waals surface area contributed by atoms with Gasteiger partial charge >= 0.3 is 10.2 Å². The Kier molecular flexibility index (Phi) is 8.65. The molecule has 1 fully saturated rings. The second-order valence-corrected chi connectivity index (χ2v) is 15.1.